The maximum Gasteiger partial charge on any atom is 0.410 e. The van der Waals surface area contributed by atoms with Crippen LogP contribution in [-0.4, -0.2) is 57.2 Å². The molecular weight excluding hydrogens is 448 g/mol. The number of ether oxygens (including phenoxy) is 1. The number of carbonyl (C=O) groups is 2. The summed E-state index contributed by atoms with van der Waals surface area (Å²) in [7, 11) is 0. The van der Waals surface area contributed by atoms with E-state index < -0.39 is 29.6 Å². The van der Waals surface area contributed by atoms with Crippen LogP contribution in [0.3, 0.4) is 0 Å². The Morgan fingerprint density at radius 2 is 1.97 bits per heavy atom. The highest BCUT2D eigenvalue weighted by molar-refractivity contribution is 6.53. The van der Waals surface area contributed by atoms with Crippen molar-refractivity contribution in [1.29, 1.82) is 0 Å². The first-order valence-corrected chi connectivity index (χ1v) is 10.5. The molecule has 2 amide bonds. The maximum atomic E-state index is 13.3. The highest BCUT2D eigenvalue weighted by atomic mass is 35.5. The molecule has 0 saturated carbocycles. The predicted molar refractivity (Wildman–Crippen MR) is 114 cm³/mol. The Hall–Kier alpha value is -2.42. The van der Waals surface area contributed by atoms with Gasteiger partial charge < -0.3 is 15.2 Å². The number of cyclic esters (lactones) is 1. The highest BCUT2D eigenvalue weighted by Crippen LogP contribution is 2.24. The van der Waals surface area contributed by atoms with Crippen LogP contribution in [0.1, 0.15) is 24.3 Å². The van der Waals surface area contributed by atoms with E-state index in [9.17, 15) is 19.1 Å². The lowest BCUT2D eigenvalue weighted by molar-refractivity contribution is -0.121. The van der Waals surface area contributed by atoms with Crippen molar-refractivity contribution in [3.05, 3.63) is 53.9 Å². The molecule has 1 aromatic heterocycles. The second-order valence-corrected chi connectivity index (χ2v) is 8.35. The van der Waals surface area contributed by atoms with Crippen LogP contribution in [-0.2, 0) is 16.1 Å². The molecule has 0 bridgehead atoms. The summed E-state index contributed by atoms with van der Waals surface area (Å²) in [6, 6.07) is 9.35. The summed E-state index contributed by atoms with van der Waals surface area (Å²) >= 11 is 10.9. The summed E-state index contributed by atoms with van der Waals surface area (Å²) in [6.45, 7) is 1.76. The van der Waals surface area contributed by atoms with Crippen molar-refractivity contribution in [2.75, 3.05) is 13.2 Å². The van der Waals surface area contributed by atoms with E-state index in [-0.39, 0.29) is 12.2 Å². The van der Waals surface area contributed by atoms with Crippen LogP contribution < -0.4 is 5.32 Å². The van der Waals surface area contributed by atoms with E-state index in [1.54, 1.807) is 35.4 Å². The van der Waals surface area contributed by atoms with Crippen molar-refractivity contribution in [2.24, 2.45) is 0 Å². The van der Waals surface area contributed by atoms with Gasteiger partial charge in [0.05, 0.1) is 24.8 Å². The Morgan fingerprint density at radius 3 is 2.48 bits per heavy atom. The standard InChI is InChI=1S/C21H22Cl2FN3O4/c1-12-10-27(21(30)31-12)11-16-7-6-15(9-25-16)13-2-4-14(5-3-13)18(28)17(8-24)26-20(29)19(22)23/h2-7,9,12,17-19,28H,8,10-11H2,1H3,(H,26,29)/t12-,17-,18+/m1/s1. The fourth-order valence-electron chi connectivity index (χ4n) is 3.23. The van der Waals surface area contributed by atoms with Gasteiger partial charge in [-0.25, -0.2) is 9.18 Å². The van der Waals surface area contributed by atoms with E-state index >= 15 is 0 Å². The van der Waals surface area contributed by atoms with E-state index in [1.807, 2.05) is 19.1 Å². The molecule has 1 fully saturated rings. The number of halogens is 3. The molecule has 2 aromatic rings. The zero-order valence-electron chi connectivity index (χ0n) is 16.7. The quantitative estimate of drug-likeness (QED) is 0.578. The molecule has 0 aliphatic carbocycles. The number of hydrogen-bond donors (Lipinski definition) is 2. The Labute approximate surface area is 189 Å². The van der Waals surface area contributed by atoms with Gasteiger partial charge in [0.15, 0.2) is 4.84 Å². The zero-order valence-corrected chi connectivity index (χ0v) is 18.2. The third-order valence-electron chi connectivity index (χ3n) is 4.87. The lowest BCUT2D eigenvalue weighted by atomic mass is 9.99. The molecule has 1 aliphatic heterocycles. The molecule has 1 saturated heterocycles. The first kappa shape index (κ1) is 23.2. The molecule has 3 atom stereocenters. The number of alkyl halides is 3. The molecule has 1 aliphatic rings. The van der Waals surface area contributed by atoms with Gasteiger partial charge in [-0.15, -0.1) is 0 Å². The number of carbonyl (C=O) groups excluding carboxylic acids is 2. The molecule has 2 heterocycles. The van der Waals surface area contributed by atoms with Crippen molar-refractivity contribution in [1.82, 2.24) is 15.2 Å². The second-order valence-electron chi connectivity index (χ2n) is 7.25. The molecule has 3 rings (SSSR count). The molecule has 0 radical (unpaired) electrons. The summed E-state index contributed by atoms with van der Waals surface area (Å²) in [5.74, 6) is -0.774. The minimum Gasteiger partial charge on any atom is -0.444 e. The molecule has 7 nitrogen and oxygen atoms in total. The van der Waals surface area contributed by atoms with Crippen LogP contribution in [0.25, 0.3) is 11.1 Å². The van der Waals surface area contributed by atoms with Crippen LogP contribution in [0.5, 0.6) is 0 Å². The van der Waals surface area contributed by atoms with Gasteiger partial charge in [0, 0.05) is 11.8 Å². The topological polar surface area (TPSA) is 91.8 Å². The molecule has 2 N–H and O–H groups in total. The van der Waals surface area contributed by atoms with Gasteiger partial charge in [0.2, 0.25) is 0 Å². The van der Waals surface area contributed by atoms with Gasteiger partial charge in [-0.1, -0.05) is 53.5 Å². The molecule has 1 aromatic carbocycles. The van der Waals surface area contributed by atoms with Crippen molar-refractivity contribution < 1.29 is 23.8 Å². The Kier molecular flexibility index (Phi) is 7.69. The van der Waals surface area contributed by atoms with Gasteiger partial charge in [-0.05, 0) is 24.1 Å². The lowest BCUT2D eigenvalue weighted by Crippen LogP contribution is -2.43. The first-order valence-electron chi connectivity index (χ1n) is 9.62. The fourth-order valence-corrected chi connectivity index (χ4v) is 3.36. The number of aromatic nitrogens is 1. The molecule has 0 unspecified atom stereocenters. The monoisotopic (exact) mass is 469 g/mol. The summed E-state index contributed by atoms with van der Waals surface area (Å²) in [5.41, 5.74) is 2.84. The van der Waals surface area contributed by atoms with Crippen LogP contribution in [0.15, 0.2) is 42.6 Å². The lowest BCUT2D eigenvalue weighted by Gasteiger charge is -2.22. The fraction of sp³-hybridized carbons (Fsp3) is 0.381. The van der Waals surface area contributed by atoms with E-state index in [4.69, 9.17) is 27.9 Å². The second kappa shape index (κ2) is 10.3. The smallest absolute Gasteiger partial charge is 0.410 e. The number of nitrogens with one attached hydrogen (secondary N) is 1. The molecule has 31 heavy (non-hydrogen) atoms. The van der Waals surface area contributed by atoms with Gasteiger partial charge in [-0.2, -0.15) is 0 Å². The van der Waals surface area contributed by atoms with Gasteiger partial charge in [0.1, 0.15) is 18.9 Å². The number of rotatable bonds is 8. The Balaban J connectivity index is 1.65. The summed E-state index contributed by atoms with van der Waals surface area (Å²) in [5, 5.41) is 12.7. The van der Waals surface area contributed by atoms with E-state index in [0.717, 1.165) is 16.8 Å². The molecule has 0 spiro atoms. The number of benzene rings is 1. The predicted octanol–water partition coefficient (Wildman–Crippen LogP) is 3.38. The van der Waals surface area contributed by atoms with E-state index in [2.05, 4.69) is 10.3 Å². The van der Waals surface area contributed by atoms with Crippen molar-refractivity contribution in [2.45, 2.75) is 36.6 Å². The van der Waals surface area contributed by atoms with Crippen LogP contribution in [0.4, 0.5) is 9.18 Å². The SMILES string of the molecule is C[C@@H]1CN(Cc2ccc(-c3ccc([C@H](O)[C@@H](CF)NC(=O)C(Cl)Cl)cc3)cn2)C(=O)O1. The number of amides is 2. The average molecular weight is 470 g/mol. The average Bonchev–Trinajstić information content (AvgIpc) is 3.08. The number of aliphatic hydroxyl groups excluding tert-OH is 1. The summed E-state index contributed by atoms with van der Waals surface area (Å²) in [6.07, 6.45) is -0.0459. The summed E-state index contributed by atoms with van der Waals surface area (Å²) < 4.78 is 18.4. The minimum atomic E-state index is -1.35. The summed E-state index contributed by atoms with van der Waals surface area (Å²) in [4.78, 5) is 27.9. The van der Waals surface area contributed by atoms with E-state index in [0.29, 0.717) is 18.7 Å². The van der Waals surface area contributed by atoms with Crippen molar-refractivity contribution in [3.63, 3.8) is 0 Å². The van der Waals surface area contributed by atoms with Crippen molar-refractivity contribution >= 4 is 35.2 Å². The Morgan fingerprint density at radius 1 is 1.29 bits per heavy atom. The minimum absolute atomic E-state index is 0.128. The van der Waals surface area contributed by atoms with Crippen LogP contribution in [0.2, 0.25) is 0 Å². The van der Waals surface area contributed by atoms with Crippen molar-refractivity contribution in [3.8, 4) is 11.1 Å². The highest BCUT2D eigenvalue weighted by Gasteiger charge is 2.28. The maximum absolute atomic E-state index is 13.3. The number of nitrogens with zero attached hydrogens (tertiary/aromatic N) is 2. The molecule has 166 valence electrons. The zero-order chi connectivity index (χ0) is 22.5. The largest absolute Gasteiger partial charge is 0.444 e. The molecule has 10 heteroatoms. The number of pyridine rings is 1. The third kappa shape index (κ3) is 5.84. The van der Waals surface area contributed by atoms with Gasteiger partial charge in [0.25, 0.3) is 5.91 Å². The Bertz CT molecular complexity index is 912. The number of hydrogen-bond acceptors (Lipinski definition) is 5. The van der Waals surface area contributed by atoms with Gasteiger partial charge >= 0.3 is 6.09 Å². The molecular formula is C21H22Cl2FN3O4. The van der Waals surface area contributed by atoms with Crippen LogP contribution in [0, 0.1) is 0 Å². The normalized spacial score (nSPS) is 18.1. The van der Waals surface area contributed by atoms with Gasteiger partial charge in [-0.3, -0.25) is 14.7 Å². The number of aliphatic hydroxyl groups is 1. The third-order valence-corrected chi connectivity index (χ3v) is 5.27. The van der Waals surface area contributed by atoms with Crippen LogP contribution >= 0.6 is 23.2 Å². The van der Waals surface area contributed by atoms with E-state index in [1.165, 1.54) is 0 Å². The first-order chi connectivity index (χ1) is 14.8.